The molecule has 0 spiro atoms. The van der Waals surface area contributed by atoms with Crippen LogP contribution in [0.25, 0.3) is 0 Å². The molecule has 0 fully saturated rings. The monoisotopic (exact) mass is 338 g/mol. The van der Waals surface area contributed by atoms with Gasteiger partial charge in [-0.1, -0.05) is 12.2 Å². The van der Waals surface area contributed by atoms with Crippen molar-refractivity contribution in [1.82, 2.24) is 0 Å². The fourth-order valence-electron chi connectivity index (χ4n) is 2.20. The summed E-state index contributed by atoms with van der Waals surface area (Å²) >= 11 is 0. The van der Waals surface area contributed by atoms with Crippen molar-refractivity contribution in [2.24, 2.45) is 0 Å². The quantitative estimate of drug-likeness (QED) is 0.352. The predicted molar refractivity (Wildman–Crippen MR) is 78.8 cm³/mol. The second kappa shape index (κ2) is 7.02. The molecule has 1 aliphatic heterocycles. The Morgan fingerprint density at radius 3 is 2.14 bits per heavy atom. The maximum absolute atomic E-state index is 13.9. The SMILES string of the molecule is Cc1c(F)c(F)c(F)c(CCCS2(C)OCC=CCO2)c1F. The van der Waals surface area contributed by atoms with Crippen LogP contribution in [-0.4, -0.2) is 25.2 Å². The van der Waals surface area contributed by atoms with E-state index in [9.17, 15) is 17.6 Å². The van der Waals surface area contributed by atoms with Gasteiger partial charge in [-0.25, -0.2) is 17.6 Å². The number of hydrogen-bond acceptors (Lipinski definition) is 2. The normalized spacial score (nSPS) is 19.0. The highest BCUT2D eigenvalue weighted by molar-refractivity contribution is 8.25. The fourth-order valence-corrected chi connectivity index (χ4v) is 3.90. The number of benzene rings is 1. The zero-order valence-electron chi connectivity index (χ0n) is 12.4. The van der Waals surface area contributed by atoms with Crippen LogP contribution < -0.4 is 0 Å². The molecule has 1 aromatic rings. The molecule has 1 aromatic carbocycles. The predicted octanol–water partition coefficient (Wildman–Crippen LogP) is 4.35. The lowest BCUT2D eigenvalue weighted by atomic mass is 10.0. The van der Waals surface area contributed by atoms with Crippen molar-refractivity contribution in [2.45, 2.75) is 19.8 Å². The van der Waals surface area contributed by atoms with E-state index in [0.29, 0.717) is 25.4 Å². The zero-order chi connectivity index (χ0) is 16.3. The zero-order valence-corrected chi connectivity index (χ0v) is 13.2. The Bertz CT molecular complexity index is 550. The molecule has 0 bridgehead atoms. The first-order chi connectivity index (χ1) is 10.4. The van der Waals surface area contributed by atoms with Crippen LogP contribution in [0.2, 0.25) is 0 Å². The molecule has 0 saturated heterocycles. The largest absolute Gasteiger partial charge is 0.280 e. The van der Waals surface area contributed by atoms with Crippen molar-refractivity contribution in [3.05, 3.63) is 46.5 Å². The average Bonchev–Trinajstić information content (AvgIpc) is 2.72. The molecule has 0 aromatic heterocycles. The average molecular weight is 338 g/mol. The fraction of sp³-hybridized carbons (Fsp3) is 0.467. The van der Waals surface area contributed by atoms with Gasteiger partial charge >= 0.3 is 0 Å². The second-order valence-electron chi connectivity index (χ2n) is 5.13. The third-order valence-electron chi connectivity index (χ3n) is 3.51. The molecule has 22 heavy (non-hydrogen) atoms. The number of halogens is 4. The van der Waals surface area contributed by atoms with Gasteiger partial charge in [-0.3, -0.25) is 8.37 Å². The van der Waals surface area contributed by atoms with Gasteiger partial charge in [-0.2, -0.15) is 10.6 Å². The van der Waals surface area contributed by atoms with E-state index in [1.165, 1.54) is 0 Å². The van der Waals surface area contributed by atoms with E-state index in [2.05, 4.69) is 0 Å². The third-order valence-corrected chi connectivity index (χ3v) is 5.81. The Hall–Kier alpha value is -1.05. The highest BCUT2D eigenvalue weighted by atomic mass is 32.3. The third kappa shape index (κ3) is 3.64. The van der Waals surface area contributed by atoms with Gasteiger partial charge in [0, 0.05) is 23.1 Å². The Morgan fingerprint density at radius 1 is 0.955 bits per heavy atom. The van der Waals surface area contributed by atoms with Crippen molar-refractivity contribution in [3.8, 4) is 0 Å². The molecule has 7 heteroatoms. The van der Waals surface area contributed by atoms with Gasteiger partial charge in [0.25, 0.3) is 0 Å². The van der Waals surface area contributed by atoms with Gasteiger partial charge in [0.15, 0.2) is 17.5 Å². The highest BCUT2D eigenvalue weighted by Crippen LogP contribution is 2.48. The van der Waals surface area contributed by atoms with E-state index >= 15 is 0 Å². The minimum atomic E-state index is -1.78. The van der Waals surface area contributed by atoms with Crippen LogP contribution in [0.5, 0.6) is 0 Å². The van der Waals surface area contributed by atoms with Crippen LogP contribution in [0.1, 0.15) is 17.5 Å². The second-order valence-corrected chi connectivity index (χ2v) is 7.86. The topological polar surface area (TPSA) is 18.5 Å². The standard InChI is InChI=1S/C15H18F4O2S/c1-10-12(16)11(14(18)15(19)13(10)17)6-5-9-22(2)20-7-3-4-8-21-22/h3-4H,5-9H2,1-2H3. The molecule has 1 aliphatic rings. The lowest BCUT2D eigenvalue weighted by Gasteiger charge is -2.38. The molecule has 0 aliphatic carbocycles. The summed E-state index contributed by atoms with van der Waals surface area (Å²) in [6, 6.07) is 0. The van der Waals surface area contributed by atoms with E-state index in [1.807, 2.05) is 18.4 Å². The van der Waals surface area contributed by atoms with Crippen molar-refractivity contribution in [1.29, 1.82) is 0 Å². The van der Waals surface area contributed by atoms with Crippen LogP contribution in [0.3, 0.4) is 0 Å². The first-order valence-electron chi connectivity index (χ1n) is 6.87. The lowest BCUT2D eigenvalue weighted by Crippen LogP contribution is -2.12. The summed E-state index contributed by atoms with van der Waals surface area (Å²) in [5, 5.41) is 0. The summed E-state index contributed by atoms with van der Waals surface area (Å²) in [5.41, 5.74) is -0.926. The molecule has 124 valence electrons. The summed E-state index contributed by atoms with van der Waals surface area (Å²) in [7, 11) is -1.78. The minimum absolute atomic E-state index is 0.0432. The molecule has 2 nitrogen and oxygen atoms in total. The first-order valence-corrected chi connectivity index (χ1v) is 8.93. The Kier molecular flexibility index (Phi) is 5.52. The van der Waals surface area contributed by atoms with E-state index in [4.69, 9.17) is 8.37 Å². The van der Waals surface area contributed by atoms with Gasteiger partial charge < -0.3 is 0 Å². The lowest BCUT2D eigenvalue weighted by molar-refractivity contribution is 0.312. The van der Waals surface area contributed by atoms with Crippen LogP contribution >= 0.6 is 10.6 Å². The van der Waals surface area contributed by atoms with Gasteiger partial charge in [-0.05, 0) is 19.8 Å². The number of rotatable bonds is 4. The van der Waals surface area contributed by atoms with Crippen LogP contribution in [-0.2, 0) is 14.8 Å². The molecule has 0 atom stereocenters. The summed E-state index contributed by atoms with van der Waals surface area (Å²) in [6.45, 7) is 1.95. The van der Waals surface area contributed by atoms with Crippen LogP contribution in [0.4, 0.5) is 17.6 Å². The molecular formula is C15H18F4O2S. The Balaban J connectivity index is 2.06. The Morgan fingerprint density at radius 2 is 1.55 bits per heavy atom. The summed E-state index contributed by atoms with van der Waals surface area (Å²) in [5.74, 6) is -5.12. The molecule has 0 amide bonds. The molecule has 0 radical (unpaired) electrons. The molecule has 0 unspecified atom stereocenters. The molecule has 1 heterocycles. The van der Waals surface area contributed by atoms with Gasteiger partial charge in [0.1, 0.15) is 5.82 Å². The highest BCUT2D eigenvalue weighted by Gasteiger charge is 2.23. The number of hydrogen-bond donors (Lipinski definition) is 0. The van der Waals surface area contributed by atoms with Crippen LogP contribution in [0.15, 0.2) is 12.2 Å². The summed E-state index contributed by atoms with van der Waals surface area (Å²) in [6.07, 6.45) is 5.82. The minimum Gasteiger partial charge on any atom is -0.280 e. The van der Waals surface area contributed by atoms with Gasteiger partial charge in [-0.15, -0.1) is 0 Å². The van der Waals surface area contributed by atoms with Gasteiger partial charge in [0.2, 0.25) is 0 Å². The van der Waals surface area contributed by atoms with Gasteiger partial charge in [0.05, 0.1) is 13.2 Å². The first kappa shape index (κ1) is 17.3. The van der Waals surface area contributed by atoms with E-state index in [0.717, 1.165) is 6.92 Å². The van der Waals surface area contributed by atoms with Crippen molar-refractivity contribution < 1.29 is 25.9 Å². The van der Waals surface area contributed by atoms with E-state index in [-0.39, 0.29) is 6.42 Å². The molecular weight excluding hydrogens is 320 g/mol. The van der Waals surface area contributed by atoms with E-state index < -0.39 is 45.0 Å². The van der Waals surface area contributed by atoms with E-state index in [1.54, 1.807) is 0 Å². The molecule has 2 rings (SSSR count). The summed E-state index contributed by atoms with van der Waals surface area (Å²) < 4.78 is 65.5. The maximum atomic E-state index is 13.9. The van der Waals surface area contributed by atoms with Crippen molar-refractivity contribution in [2.75, 3.05) is 25.2 Å². The molecule has 0 saturated carbocycles. The smallest absolute Gasteiger partial charge is 0.195 e. The maximum Gasteiger partial charge on any atom is 0.195 e. The molecule has 0 N–H and O–H groups in total. The summed E-state index contributed by atoms with van der Waals surface area (Å²) in [4.78, 5) is 0. The Labute approximate surface area is 128 Å². The van der Waals surface area contributed by atoms with Crippen molar-refractivity contribution in [3.63, 3.8) is 0 Å². The van der Waals surface area contributed by atoms with Crippen LogP contribution in [0, 0.1) is 30.2 Å². The van der Waals surface area contributed by atoms with Crippen molar-refractivity contribution >= 4 is 10.6 Å².